The Hall–Kier alpha value is -6.90. The van der Waals surface area contributed by atoms with Crippen LogP contribution in [0.3, 0.4) is 0 Å². The monoisotopic (exact) mass is 900 g/mol. The Kier molecular flexibility index (Phi) is 12.7. The summed E-state index contributed by atoms with van der Waals surface area (Å²) in [6, 6.07) is 19.6. The van der Waals surface area contributed by atoms with E-state index in [1.54, 1.807) is 46.5 Å². The number of carbonyl (C=O) groups excluding carboxylic acids is 2. The van der Waals surface area contributed by atoms with Gasteiger partial charge < -0.3 is 10.2 Å². The van der Waals surface area contributed by atoms with Crippen molar-refractivity contribution in [3.63, 3.8) is 0 Å². The van der Waals surface area contributed by atoms with Gasteiger partial charge in [0.05, 0.1) is 22.4 Å². The van der Waals surface area contributed by atoms with E-state index in [0.29, 0.717) is 37.6 Å². The lowest BCUT2D eigenvalue weighted by Gasteiger charge is -2.18. The molecule has 4 atom stereocenters. The van der Waals surface area contributed by atoms with Crippen LogP contribution < -0.4 is 5.32 Å². The summed E-state index contributed by atoms with van der Waals surface area (Å²) < 4.78 is 32.1. The zero-order chi connectivity index (χ0) is 47.1. The topological polar surface area (TPSA) is 137 Å². The van der Waals surface area contributed by atoms with E-state index in [1.165, 1.54) is 0 Å². The number of halogens is 2. The van der Waals surface area contributed by atoms with Crippen LogP contribution in [0.2, 0.25) is 0 Å². The van der Waals surface area contributed by atoms with Gasteiger partial charge in [-0.1, -0.05) is 0 Å². The normalized spacial score (nSPS) is 18.4. The number of nitrogens with zero attached hydrogens (tertiary/aromatic N) is 9. The molecule has 2 aliphatic rings. The lowest BCUT2D eigenvalue weighted by atomic mass is 9.89. The number of aromatic nitrogens is 8. The Morgan fingerprint density at radius 2 is 1.06 bits per heavy atom. The predicted molar refractivity (Wildman–Crippen MR) is 258 cm³/mol. The van der Waals surface area contributed by atoms with Crippen molar-refractivity contribution in [2.75, 3.05) is 33.2 Å². The molecule has 67 heavy (non-hydrogen) atoms. The van der Waals surface area contributed by atoms with Gasteiger partial charge in [0.2, 0.25) is 0 Å². The number of fused-ring (bicyclic) bond motifs is 2. The third-order valence-electron chi connectivity index (χ3n) is 13.5. The number of likely N-dealkylation sites (tertiary alicyclic amines) is 1. The molecule has 2 aliphatic heterocycles. The fourth-order valence-electron chi connectivity index (χ4n) is 10.2. The third kappa shape index (κ3) is 8.91. The molecular weight excluding hydrogens is 847 g/mol. The number of hydrogen-bond acceptors (Lipinski definition) is 10. The van der Waals surface area contributed by atoms with E-state index in [-0.39, 0.29) is 36.2 Å². The molecule has 1 N–H and O–H groups in total. The van der Waals surface area contributed by atoms with Crippen LogP contribution in [0.1, 0.15) is 56.1 Å². The average molecular weight is 901 g/mol. The van der Waals surface area contributed by atoms with Crippen LogP contribution in [0.25, 0.3) is 66.6 Å². The van der Waals surface area contributed by atoms with Gasteiger partial charge in [0.15, 0.2) is 11.6 Å². The first-order valence-electron chi connectivity index (χ1n) is 22.7. The zero-order valence-electron chi connectivity index (χ0n) is 38.9. The van der Waals surface area contributed by atoms with Crippen LogP contribution in [0.15, 0.2) is 97.8 Å². The molecule has 2 aromatic carbocycles. The van der Waals surface area contributed by atoms with Crippen molar-refractivity contribution in [3.05, 3.63) is 131 Å². The van der Waals surface area contributed by atoms with Gasteiger partial charge in [0, 0.05) is 124 Å². The first-order chi connectivity index (χ1) is 32.3. The molecule has 14 heteroatoms. The fraction of sp³-hybridized carbons (Fsp3) is 0.321. The average Bonchev–Trinajstić information content (AvgIpc) is 4.11. The maximum atomic E-state index is 14.4. The fourth-order valence-corrected chi connectivity index (χ4v) is 10.2. The third-order valence-corrected chi connectivity index (χ3v) is 13.5. The van der Waals surface area contributed by atoms with Crippen LogP contribution in [0, 0.1) is 39.5 Å². The molecule has 0 unspecified atom stereocenters. The molecule has 0 bridgehead atoms. The van der Waals surface area contributed by atoms with Crippen LogP contribution in [0.5, 0.6) is 0 Å². The second-order valence-corrected chi connectivity index (χ2v) is 18.1. The molecule has 342 valence electrons. The number of rotatable bonds is 10. The minimum atomic E-state index is -1.00. The van der Waals surface area contributed by atoms with Crippen LogP contribution in [-0.2, 0) is 14.1 Å². The summed E-state index contributed by atoms with van der Waals surface area (Å²) >= 11 is 0. The quantitative estimate of drug-likeness (QED) is 0.132. The number of Topliss-reactive ketones (excluding diaryl/α,β-unsaturated/α-hetero) is 2. The van der Waals surface area contributed by atoms with Crippen LogP contribution in [-0.4, -0.2) is 102 Å². The zero-order valence-corrected chi connectivity index (χ0v) is 38.9. The Labute approximate surface area is 388 Å². The summed E-state index contributed by atoms with van der Waals surface area (Å²) in [4.78, 5) is 46.2. The van der Waals surface area contributed by atoms with Crippen molar-refractivity contribution in [2.24, 2.45) is 25.9 Å². The summed E-state index contributed by atoms with van der Waals surface area (Å²) in [6.45, 7) is 10.1. The van der Waals surface area contributed by atoms with Crippen molar-refractivity contribution in [3.8, 4) is 44.8 Å². The van der Waals surface area contributed by atoms with Gasteiger partial charge >= 0.3 is 0 Å². The summed E-state index contributed by atoms with van der Waals surface area (Å²) in [6.07, 6.45) is 8.96. The van der Waals surface area contributed by atoms with E-state index in [0.717, 1.165) is 88.8 Å². The maximum Gasteiger partial charge on any atom is 0.181 e. The lowest BCUT2D eigenvalue weighted by molar-refractivity contribution is 0.0934. The Morgan fingerprint density at radius 3 is 1.45 bits per heavy atom. The predicted octanol–water partition coefficient (Wildman–Crippen LogP) is 9.23. The molecule has 0 radical (unpaired) electrons. The van der Waals surface area contributed by atoms with Gasteiger partial charge in [-0.25, -0.2) is 18.7 Å². The molecular formula is C53H54F2N10O2. The van der Waals surface area contributed by atoms with E-state index < -0.39 is 12.3 Å². The van der Waals surface area contributed by atoms with Gasteiger partial charge in [-0.05, 0) is 140 Å². The number of carbonyl (C=O) groups is 2. The van der Waals surface area contributed by atoms with Crippen LogP contribution >= 0.6 is 0 Å². The highest BCUT2D eigenvalue weighted by molar-refractivity contribution is 6.06. The minimum Gasteiger partial charge on any atom is -0.313 e. The first kappa shape index (κ1) is 45.3. The maximum absolute atomic E-state index is 14.4. The highest BCUT2D eigenvalue weighted by Crippen LogP contribution is 2.40. The molecule has 8 aromatic rings. The molecule has 2 saturated heterocycles. The number of ketones is 2. The van der Waals surface area contributed by atoms with Crippen molar-refractivity contribution in [1.82, 2.24) is 49.7 Å². The Balaban J connectivity index is 0.000000168. The Bertz CT molecular complexity index is 3150. The van der Waals surface area contributed by atoms with Gasteiger partial charge in [-0.2, -0.15) is 10.2 Å². The van der Waals surface area contributed by atoms with E-state index >= 15 is 0 Å². The molecule has 0 saturated carbocycles. The van der Waals surface area contributed by atoms with Gasteiger partial charge in [0.1, 0.15) is 23.7 Å². The summed E-state index contributed by atoms with van der Waals surface area (Å²) in [7, 11) is 5.66. The number of hydrogen-bond donors (Lipinski definition) is 1. The first-order valence-corrected chi connectivity index (χ1v) is 22.7. The van der Waals surface area contributed by atoms with Crippen molar-refractivity contribution < 1.29 is 18.4 Å². The number of pyridine rings is 4. The lowest BCUT2D eigenvalue weighted by Crippen LogP contribution is -2.18. The summed E-state index contributed by atoms with van der Waals surface area (Å²) in [5, 5.41) is 13.7. The standard InChI is InChI=1S/C27H28FN5O.C26H26FN5O/c1-16-11-23-27(17(2)26(16)18-5-8-29-9-6-18)20(24-7-10-30-33(24)4)13-22(31-23)25(34)12-19-14-32(3)15-21(19)28;1-15-10-22-26(16(2)25(15)17-4-7-28-8-5-17)19(23-6-9-30-32(23)3)12-21(31-22)24(33)11-18-13-29-14-20(18)27/h5-11,13,19,21H,12,14-15H2,1-4H3;4-10,12,18,20,29H,11,13-14H2,1-3H3/t19-,21+;18-,20+/m11/s1. The molecule has 12 nitrogen and oxygen atoms in total. The minimum absolute atomic E-state index is 0.123. The van der Waals surface area contributed by atoms with E-state index in [4.69, 9.17) is 9.97 Å². The summed E-state index contributed by atoms with van der Waals surface area (Å²) in [5.41, 5.74) is 14.6. The molecule has 10 rings (SSSR count). The second-order valence-electron chi connectivity index (χ2n) is 18.1. The van der Waals surface area contributed by atoms with Crippen molar-refractivity contribution in [1.29, 1.82) is 0 Å². The van der Waals surface area contributed by atoms with E-state index in [9.17, 15) is 18.4 Å². The molecule has 8 heterocycles. The highest BCUT2D eigenvalue weighted by Gasteiger charge is 2.34. The summed E-state index contributed by atoms with van der Waals surface area (Å²) in [5.74, 6) is -0.868. The van der Waals surface area contributed by atoms with Crippen molar-refractivity contribution in [2.45, 2.75) is 52.9 Å². The second kappa shape index (κ2) is 18.8. The van der Waals surface area contributed by atoms with Crippen molar-refractivity contribution >= 4 is 33.4 Å². The highest BCUT2D eigenvalue weighted by atomic mass is 19.1. The van der Waals surface area contributed by atoms with Gasteiger partial charge in [0.25, 0.3) is 0 Å². The largest absolute Gasteiger partial charge is 0.313 e. The number of alkyl halides is 2. The smallest absolute Gasteiger partial charge is 0.181 e. The van der Waals surface area contributed by atoms with Gasteiger partial charge in [-0.3, -0.25) is 28.9 Å². The van der Waals surface area contributed by atoms with E-state index in [2.05, 4.69) is 53.2 Å². The Morgan fingerprint density at radius 1 is 0.597 bits per heavy atom. The van der Waals surface area contributed by atoms with E-state index in [1.807, 2.05) is 86.7 Å². The van der Waals surface area contributed by atoms with Crippen LogP contribution in [0.4, 0.5) is 8.78 Å². The number of benzene rings is 2. The molecule has 0 amide bonds. The number of nitrogens with one attached hydrogen (secondary N) is 1. The molecule has 2 fully saturated rings. The van der Waals surface area contributed by atoms with Gasteiger partial charge in [-0.15, -0.1) is 0 Å². The number of aryl methyl sites for hydroxylation is 6. The SMILES string of the molecule is Cc1cc2nc(C(=O)C[C@@H]3CN(C)C[C@@H]3F)cc(-c3ccnn3C)c2c(C)c1-c1ccncc1.Cc1cc2nc(C(=O)C[C@@H]3CNC[C@@H]3F)cc(-c3ccnn3C)c2c(C)c1-c1ccncc1. The molecule has 0 spiro atoms. The molecule has 6 aromatic heterocycles. The molecule has 0 aliphatic carbocycles.